The number of aromatic nitrogens is 2. The van der Waals surface area contributed by atoms with E-state index in [0.29, 0.717) is 0 Å². The van der Waals surface area contributed by atoms with E-state index in [-0.39, 0.29) is 5.41 Å². The van der Waals surface area contributed by atoms with Gasteiger partial charge in [-0.05, 0) is 113 Å². The van der Waals surface area contributed by atoms with Crippen molar-refractivity contribution in [2.45, 2.75) is 19.3 Å². The second-order valence-corrected chi connectivity index (χ2v) is 16.6. The SMILES string of the molecule is CC1(C)c2ccccc2-c2cc(-c3cccc4nc(-c5ccc(N(c6ccccc6)c6ccc(N(c7ccccc7)c7ccccc7)cc6)cc5)c(-c5ccccc5)nc34)ccc21. The zero-order valence-electron chi connectivity index (χ0n) is 35.2. The monoisotopic (exact) mass is 808 g/mol. The maximum Gasteiger partial charge on any atom is 0.0973 e. The molecule has 1 aromatic heterocycles. The lowest BCUT2D eigenvalue weighted by atomic mass is 9.82. The number of hydrogen-bond acceptors (Lipinski definition) is 4. The van der Waals surface area contributed by atoms with Gasteiger partial charge < -0.3 is 9.80 Å². The van der Waals surface area contributed by atoms with Crippen LogP contribution in [0.4, 0.5) is 34.1 Å². The number of para-hydroxylation sites is 4. The lowest BCUT2D eigenvalue weighted by molar-refractivity contribution is 0.660. The summed E-state index contributed by atoms with van der Waals surface area (Å²) in [7, 11) is 0. The largest absolute Gasteiger partial charge is 0.311 e. The van der Waals surface area contributed by atoms with Gasteiger partial charge in [-0.3, -0.25) is 0 Å². The summed E-state index contributed by atoms with van der Waals surface area (Å²) in [5.74, 6) is 0. The van der Waals surface area contributed by atoms with Gasteiger partial charge in [0.1, 0.15) is 0 Å². The van der Waals surface area contributed by atoms with E-state index in [1.165, 1.54) is 22.3 Å². The van der Waals surface area contributed by atoms with E-state index in [4.69, 9.17) is 9.97 Å². The van der Waals surface area contributed by atoms with Crippen molar-refractivity contribution in [3.8, 4) is 44.8 Å². The van der Waals surface area contributed by atoms with Crippen LogP contribution in [0.5, 0.6) is 0 Å². The Morgan fingerprint density at radius 1 is 0.317 bits per heavy atom. The van der Waals surface area contributed by atoms with E-state index in [2.05, 4.69) is 248 Å². The molecule has 0 radical (unpaired) electrons. The van der Waals surface area contributed by atoms with Crippen LogP contribution in [0.1, 0.15) is 25.0 Å². The first-order valence-electron chi connectivity index (χ1n) is 21.6. The van der Waals surface area contributed by atoms with Crippen LogP contribution in [0, 0.1) is 0 Å². The summed E-state index contributed by atoms with van der Waals surface area (Å²) in [4.78, 5) is 15.5. The minimum atomic E-state index is -0.0519. The predicted molar refractivity (Wildman–Crippen MR) is 263 cm³/mol. The van der Waals surface area contributed by atoms with E-state index in [1.807, 2.05) is 6.07 Å². The molecule has 4 nitrogen and oxygen atoms in total. The first kappa shape index (κ1) is 37.9. The normalized spacial score (nSPS) is 12.4. The van der Waals surface area contributed by atoms with Gasteiger partial charge in [-0.25, -0.2) is 9.97 Å². The Morgan fingerprint density at radius 2 is 0.730 bits per heavy atom. The van der Waals surface area contributed by atoms with Crippen molar-refractivity contribution >= 4 is 45.2 Å². The molecule has 11 rings (SSSR count). The number of hydrogen-bond donors (Lipinski definition) is 0. The van der Waals surface area contributed by atoms with Crippen LogP contribution in [0.3, 0.4) is 0 Å². The molecule has 0 aliphatic heterocycles. The van der Waals surface area contributed by atoms with Crippen molar-refractivity contribution in [1.29, 1.82) is 0 Å². The van der Waals surface area contributed by atoms with Gasteiger partial charge >= 0.3 is 0 Å². The summed E-state index contributed by atoms with van der Waals surface area (Å²) < 4.78 is 0. The molecular weight excluding hydrogens is 765 g/mol. The lowest BCUT2D eigenvalue weighted by Crippen LogP contribution is -2.14. The molecule has 0 saturated carbocycles. The average Bonchev–Trinajstić information content (AvgIpc) is 3.58. The maximum atomic E-state index is 5.51. The molecule has 0 bridgehead atoms. The van der Waals surface area contributed by atoms with Crippen LogP contribution in [0.2, 0.25) is 0 Å². The second kappa shape index (κ2) is 15.7. The average molecular weight is 809 g/mol. The van der Waals surface area contributed by atoms with Crippen LogP contribution in [0.25, 0.3) is 55.8 Å². The van der Waals surface area contributed by atoms with Gasteiger partial charge in [-0.15, -0.1) is 0 Å². The van der Waals surface area contributed by atoms with Crippen LogP contribution in [-0.4, -0.2) is 9.97 Å². The quantitative estimate of drug-likeness (QED) is 0.145. The first-order chi connectivity index (χ1) is 31.0. The van der Waals surface area contributed by atoms with Gasteiger partial charge in [0.05, 0.1) is 22.4 Å². The van der Waals surface area contributed by atoms with E-state index >= 15 is 0 Å². The molecule has 300 valence electrons. The van der Waals surface area contributed by atoms with Crippen LogP contribution < -0.4 is 9.80 Å². The zero-order chi connectivity index (χ0) is 42.3. The fourth-order valence-corrected chi connectivity index (χ4v) is 9.34. The van der Waals surface area contributed by atoms with Crippen molar-refractivity contribution < 1.29 is 0 Å². The van der Waals surface area contributed by atoms with Crippen LogP contribution in [0.15, 0.2) is 231 Å². The topological polar surface area (TPSA) is 32.3 Å². The van der Waals surface area contributed by atoms with E-state index < -0.39 is 0 Å². The predicted octanol–water partition coefficient (Wildman–Crippen LogP) is 15.9. The highest BCUT2D eigenvalue weighted by Gasteiger charge is 2.35. The third-order valence-electron chi connectivity index (χ3n) is 12.4. The Labute approximate surface area is 369 Å². The summed E-state index contributed by atoms with van der Waals surface area (Å²) in [5.41, 5.74) is 19.4. The highest BCUT2D eigenvalue weighted by molar-refractivity contribution is 5.97. The summed E-state index contributed by atoms with van der Waals surface area (Å²) in [5, 5.41) is 0. The minimum Gasteiger partial charge on any atom is -0.311 e. The van der Waals surface area contributed by atoms with E-state index in [0.717, 1.165) is 78.8 Å². The molecule has 1 aliphatic carbocycles. The van der Waals surface area contributed by atoms with Crippen LogP contribution in [-0.2, 0) is 5.41 Å². The Bertz CT molecular complexity index is 3180. The van der Waals surface area contributed by atoms with E-state index in [9.17, 15) is 0 Å². The lowest BCUT2D eigenvalue weighted by Gasteiger charge is -2.28. The molecule has 0 unspecified atom stereocenters. The Morgan fingerprint density at radius 3 is 1.30 bits per heavy atom. The minimum absolute atomic E-state index is 0.0519. The molecule has 63 heavy (non-hydrogen) atoms. The molecule has 0 atom stereocenters. The molecule has 10 aromatic rings. The molecule has 9 aromatic carbocycles. The van der Waals surface area contributed by atoms with Gasteiger partial charge in [0, 0.05) is 56.2 Å². The van der Waals surface area contributed by atoms with Crippen molar-refractivity contribution in [2.75, 3.05) is 9.80 Å². The standard InChI is InChI=1S/C59H44N4/c1-59(2)53-28-16-15-26-51(53)52-40-43(32-39-54(52)59)50-27-17-29-55-58(50)61-57(41-18-7-3-8-19-41)56(60-55)42-30-33-47(34-31-42)63(46-24-13-6-14-25-46)49-37-35-48(36-38-49)62(44-20-9-4-10-21-44)45-22-11-5-12-23-45/h3-40H,1-2H3. The highest BCUT2D eigenvalue weighted by Crippen LogP contribution is 2.50. The summed E-state index contributed by atoms with van der Waals surface area (Å²) >= 11 is 0. The maximum absolute atomic E-state index is 5.51. The zero-order valence-corrected chi connectivity index (χ0v) is 35.2. The number of nitrogens with zero attached hydrogens (tertiary/aromatic N) is 4. The summed E-state index contributed by atoms with van der Waals surface area (Å²) in [6.07, 6.45) is 0. The van der Waals surface area contributed by atoms with Crippen LogP contribution >= 0.6 is 0 Å². The second-order valence-electron chi connectivity index (χ2n) is 16.6. The van der Waals surface area contributed by atoms with Gasteiger partial charge in [-0.2, -0.15) is 0 Å². The smallest absolute Gasteiger partial charge is 0.0973 e. The van der Waals surface area contributed by atoms with E-state index in [1.54, 1.807) is 0 Å². The molecule has 1 aliphatic rings. The third kappa shape index (κ3) is 6.83. The molecule has 0 fully saturated rings. The van der Waals surface area contributed by atoms with Gasteiger partial charge in [0.15, 0.2) is 0 Å². The number of fused-ring (bicyclic) bond motifs is 4. The third-order valence-corrected chi connectivity index (χ3v) is 12.4. The van der Waals surface area contributed by atoms with Crippen molar-refractivity contribution in [3.05, 3.63) is 242 Å². The molecule has 0 spiro atoms. The van der Waals surface area contributed by atoms with Crippen molar-refractivity contribution in [2.24, 2.45) is 0 Å². The summed E-state index contributed by atoms with van der Waals surface area (Å²) in [6.45, 7) is 4.65. The first-order valence-corrected chi connectivity index (χ1v) is 21.6. The van der Waals surface area contributed by atoms with Gasteiger partial charge in [0.2, 0.25) is 0 Å². The van der Waals surface area contributed by atoms with Crippen molar-refractivity contribution in [3.63, 3.8) is 0 Å². The molecule has 0 N–H and O–H groups in total. The fourth-order valence-electron chi connectivity index (χ4n) is 9.34. The molecular formula is C59H44N4. The fraction of sp³-hybridized carbons (Fsp3) is 0.0508. The van der Waals surface area contributed by atoms with Gasteiger partial charge in [0.25, 0.3) is 0 Å². The molecule has 0 saturated heterocycles. The summed E-state index contributed by atoms with van der Waals surface area (Å²) in [6, 6.07) is 81.7. The number of benzene rings is 9. The Balaban J connectivity index is 0.986. The van der Waals surface area contributed by atoms with Gasteiger partial charge in [-0.1, -0.05) is 159 Å². The highest BCUT2D eigenvalue weighted by atomic mass is 15.2. The van der Waals surface area contributed by atoms with Crippen molar-refractivity contribution in [1.82, 2.24) is 9.97 Å². The molecule has 0 amide bonds. The Hall–Kier alpha value is -8.08. The molecule has 4 heteroatoms. The Kier molecular flexibility index (Phi) is 9.47. The number of rotatable bonds is 9. The number of anilines is 6. The molecule has 1 heterocycles.